The summed E-state index contributed by atoms with van der Waals surface area (Å²) in [5.41, 5.74) is 9.25. The van der Waals surface area contributed by atoms with Crippen molar-refractivity contribution in [2.24, 2.45) is 5.11 Å². The van der Waals surface area contributed by atoms with Crippen LogP contribution in [0.3, 0.4) is 0 Å². The standard InChI is InChI=1S/C17H26N4O3/c1-5-23-12-15(20-21-18)14(11-13-9-7-6-8-10-13)19-16(22)24-17(2,3)4/h6-10,14-15H,5,11-12H2,1-4H3,(H,19,22)/t14-,15-/m0/s1. The number of ether oxygens (including phenoxy) is 2. The zero-order valence-electron chi connectivity index (χ0n) is 14.7. The van der Waals surface area contributed by atoms with E-state index in [0.29, 0.717) is 13.0 Å². The number of hydrogen-bond acceptors (Lipinski definition) is 4. The van der Waals surface area contributed by atoms with Crippen LogP contribution in [0.4, 0.5) is 4.79 Å². The molecule has 132 valence electrons. The second-order valence-electron chi connectivity index (χ2n) is 6.37. The quantitative estimate of drug-likeness (QED) is 0.444. The summed E-state index contributed by atoms with van der Waals surface area (Å²) in [6.45, 7) is 7.98. The van der Waals surface area contributed by atoms with Gasteiger partial charge in [0.25, 0.3) is 0 Å². The zero-order valence-corrected chi connectivity index (χ0v) is 14.7. The van der Waals surface area contributed by atoms with Crippen molar-refractivity contribution in [3.05, 3.63) is 46.3 Å². The summed E-state index contributed by atoms with van der Waals surface area (Å²) in [5.74, 6) is 0. The van der Waals surface area contributed by atoms with Crippen LogP contribution in [-0.2, 0) is 15.9 Å². The molecule has 7 nitrogen and oxygen atoms in total. The lowest BCUT2D eigenvalue weighted by molar-refractivity contribution is 0.0476. The average Bonchev–Trinajstić information content (AvgIpc) is 2.50. The molecule has 0 heterocycles. The van der Waals surface area contributed by atoms with Gasteiger partial charge in [-0.1, -0.05) is 35.4 Å². The first-order valence-electron chi connectivity index (χ1n) is 8.01. The highest BCUT2D eigenvalue weighted by Gasteiger charge is 2.25. The largest absolute Gasteiger partial charge is 0.444 e. The maximum Gasteiger partial charge on any atom is 0.407 e. The number of amides is 1. The molecule has 0 aromatic heterocycles. The fourth-order valence-corrected chi connectivity index (χ4v) is 2.15. The Labute approximate surface area is 143 Å². The molecule has 0 bridgehead atoms. The molecule has 7 heteroatoms. The van der Waals surface area contributed by atoms with Crippen LogP contribution < -0.4 is 5.32 Å². The highest BCUT2D eigenvalue weighted by atomic mass is 16.6. The van der Waals surface area contributed by atoms with E-state index in [1.807, 2.05) is 37.3 Å². The van der Waals surface area contributed by atoms with E-state index >= 15 is 0 Å². The van der Waals surface area contributed by atoms with Crippen LogP contribution in [0, 0.1) is 0 Å². The number of benzene rings is 1. The lowest BCUT2D eigenvalue weighted by atomic mass is 10.0. The minimum atomic E-state index is -0.602. The molecule has 1 N–H and O–H groups in total. The fourth-order valence-electron chi connectivity index (χ4n) is 2.15. The van der Waals surface area contributed by atoms with Gasteiger partial charge in [0.15, 0.2) is 0 Å². The molecule has 1 aromatic carbocycles. The molecule has 1 aromatic rings. The Morgan fingerprint density at radius 3 is 2.54 bits per heavy atom. The lowest BCUT2D eigenvalue weighted by Gasteiger charge is -2.27. The van der Waals surface area contributed by atoms with Crippen LogP contribution in [0.1, 0.15) is 33.3 Å². The Bertz CT molecular complexity index is 551. The normalized spacial score (nSPS) is 13.5. The number of nitrogens with zero attached hydrogens (tertiary/aromatic N) is 3. The molecular weight excluding hydrogens is 308 g/mol. The summed E-state index contributed by atoms with van der Waals surface area (Å²) in [6, 6.07) is 8.73. The van der Waals surface area contributed by atoms with Gasteiger partial charge in [-0.15, -0.1) is 0 Å². The predicted molar refractivity (Wildman–Crippen MR) is 92.7 cm³/mol. The van der Waals surface area contributed by atoms with Gasteiger partial charge in [0.2, 0.25) is 0 Å². The third kappa shape index (κ3) is 7.85. The van der Waals surface area contributed by atoms with E-state index in [4.69, 9.17) is 15.0 Å². The maximum absolute atomic E-state index is 12.1. The molecule has 24 heavy (non-hydrogen) atoms. The molecule has 0 saturated carbocycles. The Kier molecular flexibility index (Phi) is 8.09. The molecular formula is C17H26N4O3. The van der Waals surface area contributed by atoms with E-state index in [1.54, 1.807) is 20.8 Å². The minimum absolute atomic E-state index is 0.230. The van der Waals surface area contributed by atoms with Crippen LogP contribution >= 0.6 is 0 Å². The van der Waals surface area contributed by atoms with Crippen LogP contribution in [0.25, 0.3) is 10.4 Å². The van der Waals surface area contributed by atoms with E-state index < -0.39 is 23.8 Å². The summed E-state index contributed by atoms with van der Waals surface area (Å²) in [5, 5.41) is 6.60. The summed E-state index contributed by atoms with van der Waals surface area (Å²) in [4.78, 5) is 15.0. The highest BCUT2D eigenvalue weighted by Crippen LogP contribution is 2.12. The lowest BCUT2D eigenvalue weighted by Crippen LogP contribution is -2.47. The number of nitrogens with one attached hydrogen (secondary N) is 1. The smallest absolute Gasteiger partial charge is 0.407 e. The summed E-state index contributed by atoms with van der Waals surface area (Å²) >= 11 is 0. The van der Waals surface area contributed by atoms with Gasteiger partial charge in [-0.2, -0.15) is 0 Å². The van der Waals surface area contributed by atoms with Crippen molar-refractivity contribution in [2.75, 3.05) is 13.2 Å². The van der Waals surface area contributed by atoms with E-state index in [-0.39, 0.29) is 6.61 Å². The van der Waals surface area contributed by atoms with Gasteiger partial charge < -0.3 is 14.8 Å². The van der Waals surface area contributed by atoms with E-state index in [2.05, 4.69) is 15.3 Å². The molecule has 0 spiro atoms. The Hall–Kier alpha value is -2.24. The van der Waals surface area contributed by atoms with Crippen molar-refractivity contribution in [3.8, 4) is 0 Å². The van der Waals surface area contributed by atoms with Crippen molar-refractivity contribution < 1.29 is 14.3 Å². The van der Waals surface area contributed by atoms with Crippen molar-refractivity contribution in [1.29, 1.82) is 0 Å². The van der Waals surface area contributed by atoms with Crippen molar-refractivity contribution in [2.45, 2.75) is 51.8 Å². The van der Waals surface area contributed by atoms with Crippen LogP contribution in [0.5, 0.6) is 0 Å². The highest BCUT2D eigenvalue weighted by molar-refractivity contribution is 5.68. The summed E-state index contributed by atoms with van der Waals surface area (Å²) < 4.78 is 10.7. The number of rotatable bonds is 8. The average molecular weight is 334 g/mol. The molecule has 0 radical (unpaired) electrons. The van der Waals surface area contributed by atoms with Crippen LogP contribution in [0.15, 0.2) is 35.4 Å². The van der Waals surface area contributed by atoms with E-state index in [9.17, 15) is 4.79 Å². The predicted octanol–water partition coefficient (Wildman–Crippen LogP) is 3.84. The maximum atomic E-state index is 12.1. The molecule has 0 unspecified atom stereocenters. The second-order valence-corrected chi connectivity index (χ2v) is 6.37. The molecule has 1 amide bonds. The molecule has 0 fully saturated rings. The van der Waals surface area contributed by atoms with Gasteiger partial charge in [0, 0.05) is 17.6 Å². The monoisotopic (exact) mass is 334 g/mol. The summed E-state index contributed by atoms with van der Waals surface area (Å²) in [7, 11) is 0. The molecule has 0 aliphatic rings. The van der Waals surface area contributed by atoms with Gasteiger partial charge in [-0.25, -0.2) is 4.79 Å². The third-order valence-corrected chi connectivity index (χ3v) is 3.16. The first kappa shape index (κ1) is 19.8. The first-order valence-corrected chi connectivity index (χ1v) is 8.01. The van der Waals surface area contributed by atoms with Gasteiger partial charge in [0.05, 0.1) is 12.6 Å². The number of hydrogen-bond donors (Lipinski definition) is 1. The van der Waals surface area contributed by atoms with Crippen molar-refractivity contribution >= 4 is 6.09 Å². The Morgan fingerprint density at radius 2 is 2.00 bits per heavy atom. The van der Waals surface area contributed by atoms with Gasteiger partial charge in [-0.3, -0.25) is 0 Å². The fraction of sp³-hybridized carbons (Fsp3) is 0.588. The van der Waals surface area contributed by atoms with Gasteiger partial charge in [0.1, 0.15) is 5.60 Å². The number of carbonyl (C=O) groups is 1. The van der Waals surface area contributed by atoms with E-state index in [0.717, 1.165) is 5.56 Å². The number of carbonyl (C=O) groups excluding carboxylic acids is 1. The molecule has 1 rings (SSSR count). The Morgan fingerprint density at radius 1 is 1.33 bits per heavy atom. The Balaban J connectivity index is 2.91. The first-order chi connectivity index (χ1) is 11.4. The summed E-state index contributed by atoms with van der Waals surface area (Å²) in [6.07, 6.45) is -0.0327. The topological polar surface area (TPSA) is 96.3 Å². The van der Waals surface area contributed by atoms with Crippen molar-refractivity contribution in [1.82, 2.24) is 5.32 Å². The van der Waals surface area contributed by atoms with Gasteiger partial charge >= 0.3 is 6.09 Å². The van der Waals surface area contributed by atoms with E-state index in [1.165, 1.54) is 0 Å². The number of azide groups is 1. The molecule has 2 atom stereocenters. The SMILES string of the molecule is CCOC[C@H](N=[N+]=[N-])[C@H](Cc1ccccc1)NC(=O)OC(C)(C)C. The second kappa shape index (κ2) is 9.80. The minimum Gasteiger partial charge on any atom is -0.444 e. The van der Waals surface area contributed by atoms with Crippen molar-refractivity contribution in [3.63, 3.8) is 0 Å². The molecule has 0 aliphatic carbocycles. The number of alkyl carbamates (subject to hydrolysis) is 1. The molecule has 0 saturated heterocycles. The zero-order chi connectivity index (χ0) is 18.0. The molecule has 0 aliphatic heterocycles. The van der Waals surface area contributed by atoms with Crippen LogP contribution in [-0.4, -0.2) is 37.0 Å². The van der Waals surface area contributed by atoms with Gasteiger partial charge in [-0.05, 0) is 45.2 Å². The van der Waals surface area contributed by atoms with Crippen LogP contribution in [0.2, 0.25) is 0 Å². The third-order valence-electron chi connectivity index (χ3n) is 3.16.